The van der Waals surface area contributed by atoms with Gasteiger partial charge in [-0.15, -0.1) is 0 Å². The van der Waals surface area contributed by atoms with Crippen LogP contribution in [0.4, 0.5) is 5.69 Å². The van der Waals surface area contributed by atoms with E-state index in [0.29, 0.717) is 18.1 Å². The predicted octanol–water partition coefficient (Wildman–Crippen LogP) is 4.13. The van der Waals surface area contributed by atoms with Crippen molar-refractivity contribution in [1.82, 2.24) is 5.43 Å². The Labute approximate surface area is 194 Å². The van der Waals surface area contributed by atoms with Gasteiger partial charge in [-0.3, -0.25) is 9.10 Å². The highest BCUT2D eigenvalue weighted by Gasteiger charge is 2.29. The second-order valence-corrected chi connectivity index (χ2v) is 9.19. The van der Waals surface area contributed by atoms with Crippen molar-refractivity contribution >= 4 is 27.3 Å². The minimum absolute atomic E-state index is 0.0798. The molecule has 0 unspecified atom stereocenters. The number of rotatable bonds is 9. The number of amides is 1. The molecule has 0 radical (unpaired) electrons. The molecule has 7 nitrogen and oxygen atoms in total. The van der Waals surface area contributed by atoms with E-state index in [2.05, 4.69) is 10.5 Å². The summed E-state index contributed by atoms with van der Waals surface area (Å²) in [5, 5.41) is 4.13. The van der Waals surface area contributed by atoms with Crippen molar-refractivity contribution in [2.45, 2.75) is 25.7 Å². The van der Waals surface area contributed by atoms with E-state index in [1.54, 1.807) is 43.3 Å². The van der Waals surface area contributed by atoms with Crippen molar-refractivity contribution in [3.8, 4) is 5.75 Å². The number of ether oxygens (including phenoxy) is 1. The third kappa shape index (κ3) is 5.98. The first-order valence-corrected chi connectivity index (χ1v) is 12.0. The molecule has 0 aliphatic heterocycles. The Morgan fingerprint density at radius 1 is 0.970 bits per heavy atom. The number of nitrogens with one attached hydrogen (secondary N) is 1. The van der Waals surface area contributed by atoms with Crippen LogP contribution in [0.1, 0.15) is 25.0 Å². The Morgan fingerprint density at radius 3 is 2.27 bits per heavy atom. The fraction of sp³-hybridized carbons (Fsp3) is 0.200. The van der Waals surface area contributed by atoms with E-state index in [-0.39, 0.29) is 10.6 Å². The van der Waals surface area contributed by atoms with Crippen LogP contribution < -0.4 is 14.5 Å². The van der Waals surface area contributed by atoms with E-state index in [1.807, 2.05) is 44.2 Å². The van der Waals surface area contributed by atoms with Crippen molar-refractivity contribution in [3.05, 3.63) is 90.0 Å². The van der Waals surface area contributed by atoms with Gasteiger partial charge in [0.1, 0.15) is 12.3 Å². The summed E-state index contributed by atoms with van der Waals surface area (Å²) >= 11 is 0. The molecule has 0 aromatic heterocycles. The number of nitrogens with zero attached hydrogens (tertiary/aromatic N) is 2. The predicted molar refractivity (Wildman–Crippen MR) is 130 cm³/mol. The molecule has 0 saturated carbocycles. The molecule has 3 rings (SSSR count). The van der Waals surface area contributed by atoms with Crippen LogP contribution in [0.3, 0.4) is 0 Å². The van der Waals surface area contributed by atoms with Gasteiger partial charge < -0.3 is 4.74 Å². The van der Waals surface area contributed by atoms with Crippen molar-refractivity contribution in [2.24, 2.45) is 5.10 Å². The molecule has 172 valence electrons. The van der Waals surface area contributed by atoms with E-state index >= 15 is 0 Å². The number of carbonyl (C=O) groups excluding carboxylic acids is 1. The van der Waals surface area contributed by atoms with Crippen LogP contribution in [-0.4, -0.2) is 33.2 Å². The molecule has 8 heteroatoms. The van der Waals surface area contributed by atoms with Crippen molar-refractivity contribution in [1.29, 1.82) is 0 Å². The molecule has 0 saturated heterocycles. The Balaban J connectivity index is 1.94. The SMILES string of the molecule is CCOc1ccccc1N(CC(=O)N/N=C(/C)c1ccccc1)S(=O)(=O)c1ccc(C)cc1. The van der Waals surface area contributed by atoms with E-state index < -0.39 is 22.5 Å². The van der Waals surface area contributed by atoms with E-state index in [4.69, 9.17) is 4.74 Å². The maximum absolute atomic E-state index is 13.6. The van der Waals surface area contributed by atoms with Crippen molar-refractivity contribution < 1.29 is 17.9 Å². The number of para-hydroxylation sites is 2. The fourth-order valence-electron chi connectivity index (χ4n) is 3.13. The summed E-state index contributed by atoms with van der Waals surface area (Å²) in [6.07, 6.45) is 0. The molecule has 3 aromatic carbocycles. The minimum Gasteiger partial charge on any atom is -0.492 e. The van der Waals surface area contributed by atoms with Gasteiger partial charge in [-0.2, -0.15) is 5.10 Å². The Kier molecular flexibility index (Phi) is 7.84. The first kappa shape index (κ1) is 24.0. The number of hydrogen-bond donors (Lipinski definition) is 1. The topological polar surface area (TPSA) is 88.1 Å². The molecule has 1 amide bonds. The minimum atomic E-state index is -4.05. The molecule has 33 heavy (non-hydrogen) atoms. The Bertz CT molecular complexity index is 1220. The molecule has 0 bridgehead atoms. The van der Waals surface area contributed by atoms with Crippen LogP contribution in [0.15, 0.2) is 88.9 Å². The molecular formula is C25H27N3O4S. The van der Waals surface area contributed by atoms with Gasteiger partial charge in [0, 0.05) is 0 Å². The molecular weight excluding hydrogens is 438 g/mol. The van der Waals surface area contributed by atoms with Crippen LogP contribution in [0.25, 0.3) is 0 Å². The smallest absolute Gasteiger partial charge is 0.264 e. The van der Waals surface area contributed by atoms with Crippen LogP contribution in [0.5, 0.6) is 5.75 Å². The maximum Gasteiger partial charge on any atom is 0.264 e. The largest absolute Gasteiger partial charge is 0.492 e. The first-order valence-electron chi connectivity index (χ1n) is 10.5. The third-order valence-electron chi connectivity index (χ3n) is 4.87. The van der Waals surface area contributed by atoms with E-state index in [1.165, 1.54) is 12.1 Å². The summed E-state index contributed by atoms with van der Waals surface area (Å²) in [7, 11) is -4.05. The second-order valence-electron chi connectivity index (χ2n) is 7.32. The molecule has 3 aromatic rings. The lowest BCUT2D eigenvalue weighted by Gasteiger charge is -2.25. The zero-order valence-corrected chi connectivity index (χ0v) is 19.7. The van der Waals surface area contributed by atoms with Gasteiger partial charge in [0.15, 0.2) is 0 Å². The molecule has 0 aliphatic carbocycles. The molecule has 0 aliphatic rings. The van der Waals surface area contributed by atoms with Gasteiger partial charge >= 0.3 is 0 Å². The number of anilines is 1. The van der Waals surface area contributed by atoms with Gasteiger partial charge in [-0.05, 0) is 50.6 Å². The maximum atomic E-state index is 13.6. The highest BCUT2D eigenvalue weighted by atomic mass is 32.2. The average Bonchev–Trinajstić information content (AvgIpc) is 2.82. The van der Waals surface area contributed by atoms with Crippen LogP contribution in [0, 0.1) is 6.92 Å². The van der Waals surface area contributed by atoms with Crippen molar-refractivity contribution in [2.75, 3.05) is 17.5 Å². The number of sulfonamides is 1. The lowest BCUT2D eigenvalue weighted by molar-refractivity contribution is -0.119. The third-order valence-corrected chi connectivity index (χ3v) is 6.64. The van der Waals surface area contributed by atoms with Gasteiger partial charge in [0.2, 0.25) is 0 Å². The van der Waals surface area contributed by atoms with Crippen LogP contribution >= 0.6 is 0 Å². The molecule has 1 N–H and O–H groups in total. The zero-order chi connectivity index (χ0) is 23.8. The summed E-state index contributed by atoms with van der Waals surface area (Å²) in [5.74, 6) is -0.209. The average molecular weight is 466 g/mol. The number of hydrogen-bond acceptors (Lipinski definition) is 5. The number of hydrazone groups is 1. The van der Waals surface area contributed by atoms with E-state index in [0.717, 1.165) is 15.4 Å². The number of carbonyl (C=O) groups is 1. The van der Waals surface area contributed by atoms with E-state index in [9.17, 15) is 13.2 Å². The molecule has 0 heterocycles. The lowest BCUT2D eigenvalue weighted by atomic mass is 10.1. The molecule has 0 atom stereocenters. The highest BCUT2D eigenvalue weighted by molar-refractivity contribution is 7.92. The Morgan fingerprint density at radius 2 is 1.61 bits per heavy atom. The molecule has 0 fully saturated rings. The second kappa shape index (κ2) is 10.8. The first-order chi connectivity index (χ1) is 15.8. The molecule has 0 spiro atoms. The summed E-state index contributed by atoms with van der Waals surface area (Å²) in [6.45, 7) is 5.33. The van der Waals surface area contributed by atoms with Gasteiger partial charge in [-0.1, -0.05) is 60.2 Å². The summed E-state index contributed by atoms with van der Waals surface area (Å²) in [4.78, 5) is 12.9. The van der Waals surface area contributed by atoms with Gasteiger partial charge in [-0.25, -0.2) is 13.8 Å². The monoisotopic (exact) mass is 465 g/mol. The number of aryl methyl sites for hydroxylation is 1. The quantitative estimate of drug-likeness (QED) is 0.380. The Hall–Kier alpha value is -3.65. The summed E-state index contributed by atoms with van der Waals surface area (Å²) < 4.78 is 33.8. The fourth-order valence-corrected chi connectivity index (χ4v) is 4.57. The van der Waals surface area contributed by atoms with Crippen molar-refractivity contribution in [3.63, 3.8) is 0 Å². The lowest BCUT2D eigenvalue weighted by Crippen LogP contribution is -2.40. The standard InChI is InChI=1S/C25H27N3O4S/c1-4-32-24-13-9-8-12-23(24)28(33(30,31)22-16-14-19(2)15-17-22)18-25(29)27-26-20(3)21-10-6-5-7-11-21/h5-17H,4,18H2,1-3H3,(H,27,29)/b26-20-. The van der Waals surface area contributed by atoms with Crippen LogP contribution in [-0.2, 0) is 14.8 Å². The van der Waals surface area contributed by atoms with Gasteiger partial charge in [0.25, 0.3) is 15.9 Å². The normalized spacial score (nSPS) is 11.7. The zero-order valence-electron chi connectivity index (χ0n) is 18.9. The van der Waals surface area contributed by atoms with Gasteiger partial charge in [0.05, 0.1) is 22.9 Å². The highest BCUT2D eigenvalue weighted by Crippen LogP contribution is 2.32. The summed E-state index contributed by atoms with van der Waals surface area (Å²) in [6, 6.07) is 22.6. The summed E-state index contributed by atoms with van der Waals surface area (Å²) in [5.41, 5.74) is 5.13. The number of benzene rings is 3. The van der Waals surface area contributed by atoms with Crippen LogP contribution in [0.2, 0.25) is 0 Å².